The van der Waals surface area contributed by atoms with E-state index in [9.17, 15) is 4.79 Å². The van der Waals surface area contributed by atoms with Gasteiger partial charge < -0.3 is 0 Å². The zero-order valence-electron chi connectivity index (χ0n) is 11.7. The zero-order chi connectivity index (χ0) is 15.0. The summed E-state index contributed by atoms with van der Waals surface area (Å²) in [4.78, 5) is 12.6. The topological polar surface area (TPSA) is 65.6 Å². The van der Waals surface area contributed by atoms with Gasteiger partial charge in [-0.05, 0) is 31.5 Å². The molecule has 0 atom stereocenters. The molecule has 3 aromatic rings. The maximum atomic E-state index is 12.6. The number of nitrogens with zero attached hydrogens (tertiary/aromatic N) is 5. The summed E-state index contributed by atoms with van der Waals surface area (Å²) in [5.41, 5.74) is 2.65. The van der Waals surface area contributed by atoms with Crippen molar-refractivity contribution in [3.63, 3.8) is 0 Å². The summed E-state index contributed by atoms with van der Waals surface area (Å²) >= 11 is 3.39. The third kappa shape index (κ3) is 2.49. The summed E-state index contributed by atoms with van der Waals surface area (Å²) in [5.74, 6) is 0. The van der Waals surface area contributed by atoms with E-state index in [1.165, 1.54) is 4.68 Å². The van der Waals surface area contributed by atoms with Crippen LogP contribution in [-0.4, -0.2) is 24.8 Å². The molecule has 0 amide bonds. The molecule has 6 nitrogen and oxygen atoms in total. The molecule has 0 radical (unpaired) electrons. The summed E-state index contributed by atoms with van der Waals surface area (Å²) < 4.78 is 4.05. The SMILES string of the molecule is CCn1nc(C)c2nnn(Cc3ccc(Br)cc3)c(=O)c21. The van der Waals surface area contributed by atoms with Crippen LogP contribution in [0.3, 0.4) is 0 Å². The molecule has 0 fully saturated rings. The van der Waals surface area contributed by atoms with Crippen molar-refractivity contribution >= 4 is 27.0 Å². The van der Waals surface area contributed by atoms with Gasteiger partial charge in [0.1, 0.15) is 5.52 Å². The Hall–Kier alpha value is -2.02. The van der Waals surface area contributed by atoms with Gasteiger partial charge in [-0.1, -0.05) is 33.3 Å². The number of hydrogen-bond donors (Lipinski definition) is 0. The van der Waals surface area contributed by atoms with Crippen LogP contribution in [0.2, 0.25) is 0 Å². The van der Waals surface area contributed by atoms with Crippen molar-refractivity contribution in [2.24, 2.45) is 0 Å². The summed E-state index contributed by atoms with van der Waals surface area (Å²) in [6, 6.07) is 7.77. The lowest BCUT2D eigenvalue weighted by Crippen LogP contribution is -2.26. The standard InChI is InChI=1S/C14H14BrN5O/c1-3-19-13-12(9(2)17-19)16-18-20(14(13)21)8-10-4-6-11(15)7-5-10/h4-7H,3,8H2,1-2H3. The van der Waals surface area contributed by atoms with Crippen molar-refractivity contribution in [3.8, 4) is 0 Å². The van der Waals surface area contributed by atoms with Crippen LogP contribution >= 0.6 is 15.9 Å². The Bertz CT molecular complexity index is 850. The van der Waals surface area contributed by atoms with Crippen LogP contribution in [0.25, 0.3) is 11.0 Å². The van der Waals surface area contributed by atoms with Crippen molar-refractivity contribution in [1.29, 1.82) is 0 Å². The van der Waals surface area contributed by atoms with Crippen molar-refractivity contribution in [2.75, 3.05) is 0 Å². The van der Waals surface area contributed by atoms with E-state index >= 15 is 0 Å². The van der Waals surface area contributed by atoms with Gasteiger partial charge in [-0.25, -0.2) is 4.68 Å². The van der Waals surface area contributed by atoms with Crippen molar-refractivity contribution in [1.82, 2.24) is 24.8 Å². The molecule has 3 rings (SSSR count). The summed E-state index contributed by atoms with van der Waals surface area (Å²) in [5, 5.41) is 12.5. The fraction of sp³-hybridized carbons (Fsp3) is 0.286. The van der Waals surface area contributed by atoms with E-state index in [0.717, 1.165) is 15.7 Å². The van der Waals surface area contributed by atoms with E-state index in [1.807, 2.05) is 38.1 Å². The maximum Gasteiger partial charge on any atom is 0.296 e. The van der Waals surface area contributed by atoms with Crippen LogP contribution in [0.1, 0.15) is 18.2 Å². The minimum absolute atomic E-state index is 0.162. The molecule has 7 heteroatoms. The Morgan fingerprint density at radius 3 is 2.57 bits per heavy atom. The monoisotopic (exact) mass is 347 g/mol. The number of hydrogen-bond acceptors (Lipinski definition) is 4. The van der Waals surface area contributed by atoms with Crippen LogP contribution in [-0.2, 0) is 13.1 Å². The van der Waals surface area contributed by atoms with Crippen LogP contribution in [0.5, 0.6) is 0 Å². The third-order valence-electron chi connectivity index (χ3n) is 3.33. The van der Waals surface area contributed by atoms with E-state index in [1.54, 1.807) is 4.68 Å². The highest BCUT2D eigenvalue weighted by molar-refractivity contribution is 9.10. The lowest BCUT2D eigenvalue weighted by Gasteiger charge is -2.05. The average molecular weight is 348 g/mol. The normalized spacial score (nSPS) is 11.2. The van der Waals surface area contributed by atoms with Gasteiger partial charge in [-0.15, -0.1) is 5.10 Å². The first kappa shape index (κ1) is 13.9. The zero-order valence-corrected chi connectivity index (χ0v) is 13.3. The van der Waals surface area contributed by atoms with Crippen molar-refractivity contribution in [3.05, 3.63) is 50.3 Å². The molecule has 2 aromatic heterocycles. The smallest absolute Gasteiger partial charge is 0.265 e. The molecular formula is C14H14BrN5O. The molecule has 0 saturated heterocycles. The van der Waals surface area contributed by atoms with Crippen LogP contribution in [0.15, 0.2) is 33.5 Å². The number of benzene rings is 1. The molecule has 21 heavy (non-hydrogen) atoms. The van der Waals surface area contributed by atoms with E-state index in [0.29, 0.717) is 24.1 Å². The Labute approximate surface area is 129 Å². The predicted octanol–water partition coefficient (Wildman–Crippen LogP) is 2.13. The fourth-order valence-electron chi connectivity index (χ4n) is 2.26. The van der Waals surface area contributed by atoms with Gasteiger partial charge in [0.05, 0.1) is 12.2 Å². The van der Waals surface area contributed by atoms with Gasteiger partial charge in [0.25, 0.3) is 5.56 Å². The first-order valence-corrected chi connectivity index (χ1v) is 7.45. The Kier molecular flexibility index (Phi) is 3.59. The molecule has 0 aliphatic carbocycles. The molecule has 108 valence electrons. The highest BCUT2D eigenvalue weighted by Gasteiger charge is 2.14. The number of fused-ring (bicyclic) bond motifs is 1. The molecule has 0 unspecified atom stereocenters. The van der Waals surface area contributed by atoms with E-state index in [4.69, 9.17) is 0 Å². The maximum absolute atomic E-state index is 12.6. The molecular weight excluding hydrogens is 334 g/mol. The predicted molar refractivity (Wildman–Crippen MR) is 83.2 cm³/mol. The van der Waals surface area contributed by atoms with Crippen molar-refractivity contribution in [2.45, 2.75) is 26.9 Å². The number of rotatable bonds is 3. The number of halogens is 1. The lowest BCUT2D eigenvalue weighted by molar-refractivity contribution is 0.591. The largest absolute Gasteiger partial charge is 0.296 e. The molecule has 0 saturated carbocycles. The Morgan fingerprint density at radius 2 is 1.90 bits per heavy atom. The minimum Gasteiger partial charge on any atom is -0.265 e. The van der Waals surface area contributed by atoms with Gasteiger partial charge in [-0.2, -0.15) is 5.10 Å². The van der Waals surface area contributed by atoms with Crippen LogP contribution < -0.4 is 5.56 Å². The van der Waals surface area contributed by atoms with E-state index in [2.05, 4.69) is 31.3 Å². The summed E-state index contributed by atoms with van der Waals surface area (Å²) in [6.45, 7) is 4.80. The molecule has 0 N–H and O–H groups in total. The Morgan fingerprint density at radius 1 is 1.19 bits per heavy atom. The van der Waals surface area contributed by atoms with Gasteiger partial charge in [0, 0.05) is 11.0 Å². The second-order valence-corrected chi connectivity index (χ2v) is 5.69. The summed E-state index contributed by atoms with van der Waals surface area (Å²) in [6.07, 6.45) is 0. The van der Waals surface area contributed by atoms with Crippen molar-refractivity contribution < 1.29 is 0 Å². The Balaban J connectivity index is 2.09. The lowest BCUT2D eigenvalue weighted by atomic mass is 10.2. The molecule has 0 spiro atoms. The van der Waals surface area contributed by atoms with Gasteiger partial charge in [0.15, 0.2) is 5.52 Å². The first-order chi connectivity index (χ1) is 10.1. The van der Waals surface area contributed by atoms with E-state index < -0.39 is 0 Å². The van der Waals surface area contributed by atoms with Gasteiger partial charge in [0.2, 0.25) is 0 Å². The second kappa shape index (κ2) is 5.40. The average Bonchev–Trinajstić information content (AvgIpc) is 2.81. The highest BCUT2D eigenvalue weighted by Crippen LogP contribution is 2.12. The van der Waals surface area contributed by atoms with Gasteiger partial charge in [-0.3, -0.25) is 9.48 Å². The molecule has 1 aromatic carbocycles. The van der Waals surface area contributed by atoms with Crippen LogP contribution in [0.4, 0.5) is 0 Å². The second-order valence-electron chi connectivity index (χ2n) is 4.78. The van der Waals surface area contributed by atoms with Crippen LogP contribution in [0, 0.1) is 6.92 Å². The molecule has 0 aliphatic heterocycles. The fourth-order valence-corrected chi connectivity index (χ4v) is 2.52. The highest BCUT2D eigenvalue weighted by atomic mass is 79.9. The van der Waals surface area contributed by atoms with E-state index in [-0.39, 0.29) is 5.56 Å². The minimum atomic E-state index is -0.162. The first-order valence-electron chi connectivity index (χ1n) is 6.65. The molecule has 2 heterocycles. The summed E-state index contributed by atoms with van der Waals surface area (Å²) in [7, 11) is 0. The number of aryl methyl sites for hydroxylation is 2. The van der Waals surface area contributed by atoms with Gasteiger partial charge >= 0.3 is 0 Å². The molecule has 0 bridgehead atoms. The molecule has 0 aliphatic rings. The quantitative estimate of drug-likeness (QED) is 0.727. The number of aromatic nitrogens is 5. The third-order valence-corrected chi connectivity index (χ3v) is 3.86.